The normalized spacial score (nSPS) is 9.90. The number of halogens is 2. The van der Waals surface area contributed by atoms with Crippen molar-refractivity contribution in [1.82, 2.24) is 0 Å². The van der Waals surface area contributed by atoms with E-state index in [-0.39, 0.29) is 47.1 Å². The highest BCUT2D eigenvalue weighted by atomic mass is 35.5. The van der Waals surface area contributed by atoms with Crippen molar-refractivity contribution >= 4 is 0 Å². The van der Waals surface area contributed by atoms with Crippen molar-refractivity contribution in [2.45, 2.75) is 35.6 Å². The van der Waals surface area contributed by atoms with Gasteiger partial charge in [-0.15, -0.1) is 0 Å². The monoisotopic (exact) mass is 336 g/mol. The molecular weight excluding hydrogens is 295 g/mol. The number of rotatable bonds is 8. The smallest absolute Gasteiger partial charge is 0.128 e. The van der Waals surface area contributed by atoms with E-state index < -0.39 is 0 Å². The summed E-state index contributed by atoms with van der Waals surface area (Å²) in [5, 5.41) is 0. The van der Waals surface area contributed by atoms with Crippen molar-refractivity contribution in [2.24, 2.45) is 0 Å². The zero-order valence-electron chi connectivity index (χ0n) is 12.3. The van der Waals surface area contributed by atoms with Crippen LogP contribution >= 0.6 is 0 Å². The lowest BCUT2D eigenvalue weighted by Crippen LogP contribution is -3.00. The second-order valence-corrected chi connectivity index (χ2v) is 5.76. The van der Waals surface area contributed by atoms with Crippen molar-refractivity contribution in [3.8, 4) is 0 Å². The van der Waals surface area contributed by atoms with Crippen LogP contribution in [0.2, 0.25) is 0 Å². The molecule has 0 unspecified atom stereocenters. The van der Waals surface area contributed by atoms with Crippen LogP contribution in [0, 0.1) is 0 Å². The molecule has 0 aliphatic carbocycles. The van der Waals surface area contributed by atoms with Crippen molar-refractivity contribution in [2.75, 3.05) is 68.1 Å². The summed E-state index contributed by atoms with van der Waals surface area (Å²) < 4.78 is 7.32. The van der Waals surface area contributed by atoms with E-state index in [0.29, 0.717) is 0 Å². The summed E-state index contributed by atoms with van der Waals surface area (Å²) in [7, 11) is 11.0. The predicted molar refractivity (Wildman–Crippen MR) is 86.0 cm³/mol. The van der Waals surface area contributed by atoms with Gasteiger partial charge in [0.25, 0.3) is 0 Å². The Hall–Kier alpha value is 0.460. The first kappa shape index (κ1) is 37.1. The topological polar surface area (TPSA) is 9.23 Å². The second-order valence-electron chi connectivity index (χ2n) is 5.76. The number of hydrogen-bond acceptors (Lipinski definition) is 1. The summed E-state index contributed by atoms with van der Waals surface area (Å²) in [5.41, 5.74) is 0. The quantitative estimate of drug-likeness (QED) is 0.432. The standard InChI is InChI=1S/C12H30N2O.3CH4.2ClH/c1-7-8-13(2,3)9-10-14(4,5)11-12-15-6;;;;;/h7-12H2,1-6H3;3*1H4;2*1H/q+2;;;;;/p-2. The van der Waals surface area contributed by atoms with Crippen molar-refractivity contribution in [3.63, 3.8) is 0 Å². The third-order valence-corrected chi connectivity index (χ3v) is 3.04. The zero-order chi connectivity index (χ0) is 11.9. The summed E-state index contributed by atoms with van der Waals surface area (Å²) in [6.45, 7) is 7.94. The van der Waals surface area contributed by atoms with Gasteiger partial charge in [-0.05, 0) is 6.42 Å². The highest BCUT2D eigenvalue weighted by Gasteiger charge is 2.21. The van der Waals surface area contributed by atoms with E-state index in [4.69, 9.17) is 4.74 Å². The van der Waals surface area contributed by atoms with E-state index in [9.17, 15) is 0 Å². The van der Waals surface area contributed by atoms with E-state index in [1.54, 1.807) is 7.11 Å². The predicted octanol–water partition coefficient (Wildman–Crippen LogP) is -2.89. The highest BCUT2D eigenvalue weighted by Crippen LogP contribution is 2.03. The lowest BCUT2D eigenvalue weighted by Gasteiger charge is -2.35. The van der Waals surface area contributed by atoms with Gasteiger partial charge in [-0.25, -0.2) is 0 Å². The molecule has 0 bridgehead atoms. The molecule has 0 aromatic heterocycles. The average Bonchev–Trinajstić information content (AvgIpc) is 2.12. The summed E-state index contributed by atoms with van der Waals surface area (Å²) >= 11 is 0. The number of methoxy groups -OCH3 is 1. The van der Waals surface area contributed by atoms with Gasteiger partial charge < -0.3 is 38.5 Å². The molecule has 0 N–H and O–H groups in total. The van der Waals surface area contributed by atoms with Crippen LogP contribution in [0.5, 0.6) is 0 Å². The third kappa shape index (κ3) is 20.8. The molecule has 0 fully saturated rings. The maximum atomic E-state index is 5.14. The second kappa shape index (κ2) is 17.5. The Bertz CT molecular complexity index is 177. The van der Waals surface area contributed by atoms with Gasteiger partial charge in [0.2, 0.25) is 0 Å². The minimum atomic E-state index is 0. The Morgan fingerprint density at radius 3 is 1.35 bits per heavy atom. The largest absolute Gasteiger partial charge is 1.00 e. The first-order chi connectivity index (χ1) is 6.83. The van der Waals surface area contributed by atoms with E-state index in [0.717, 1.165) is 22.1 Å². The minimum absolute atomic E-state index is 0. The molecule has 0 aliphatic rings. The SMILES string of the molecule is C.C.C.CCC[N+](C)(C)CC[N+](C)(C)CCOC.[Cl-].[Cl-]. The molecule has 0 aliphatic heterocycles. The van der Waals surface area contributed by atoms with Gasteiger partial charge in [0.15, 0.2) is 0 Å². The van der Waals surface area contributed by atoms with E-state index in [1.165, 1.54) is 26.1 Å². The molecule has 0 saturated carbocycles. The van der Waals surface area contributed by atoms with Gasteiger partial charge in [-0.1, -0.05) is 29.2 Å². The Morgan fingerprint density at radius 1 is 0.700 bits per heavy atom. The number of nitrogens with zero attached hydrogens (tertiary/aromatic N) is 2. The van der Waals surface area contributed by atoms with Gasteiger partial charge in [-0.2, -0.15) is 0 Å². The molecule has 132 valence electrons. The third-order valence-electron chi connectivity index (χ3n) is 3.04. The molecular formula is C15H42Cl2N2O. The summed E-state index contributed by atoms with van der Waals surface area (Å²) in [6, 6.07) is 0. The van der Waals surface area contributed by atoms with Crippen LogP contribution < -0.4 is 24.8 Å². The van der Waals surface area contributed by atoms with Gasteiger partial charge in [0.05, 0.1) is 41.3 Å². The van der Waals surface area contributed by atoms with Gasteiger partial charge in [0.1, 0.15) is 19.6 Å². The zero-order valence-corrected chi connectivity index (χ0v) is 13.8. The fourth-order valence-corrected chi connectivity index (χ4v) is 1.71. The van der Waals surface area contributed by atoms with Crippen LogP contribution in [-0.4, -0.2) is 77.1 Å². The molecule has 0 aromatic rings. The van der Waals surface area contributed by atoms with Gasteiger partial charge in [0, 0.05) is 7.11 Å². The van der Waals surface area contributed by atoms with Crippen LogP contribution in [0.25, 0.3) is 0 Å². The summed E-state index contributed by atoms with van der Waals surface area (Å²) in [5.74, 6) is 0. The number of quaternary nitrogens is 2. The molecule has 0 aromatic carbocycles. The number of likely N-dealkylation sites (N-methyl/N-ethyl adjacent to an activating group) is 2. The Balaban J connectivity index is -0.0000000980. The van der Waals surface area contributed by atoms with Crippen LogP contribution in [0.15, 0.2) is 0 Å². The summed E-state index contributed by atoms with van der Waals surface area (Å²) in [4.78, 5) is 0. The number of hydrogen-bond donors (Lipinski definition) is 0. The Labute approximate surface area is 142 Å². The van der Waals surface area contributed by atoms with Crippen molar-refractivity contribution in [3.05, 3.63) is 0 Å². The summed E-state index contributed by atoms with van der Waals surface area (Å²) in [6.07, 6.45) is 1.26. The first-order valence-corrected chi connectivity index (χ1v) is 5.96. The van der Waals surface area contributed by atoms with Crippen LogP contribution in [0.4, 0.5) is 0 Å². The minimum Gasteiger partial charge on any atom is -1.00 e. The van der Waals surface area contributed by atoms with Crippen molar-refractivity contribution in [1.29, 1.82) is 0 Å². The molecule has 0 radical (unpaired) electrons. The molecule has 3 nitrogen and oxygen atoms in total. The Morgan fingerprint density at radius 2 is 1.05 bits per heavy atom. The molecule has 20 heavy (non-hydrogen) atoms. The first-order valence-electron chi connectivity index (χ1n) is 5.96. The average molecular weight is 337 g/mol. The lowest BCUT2D eigenvalue weighted by atomic mass is 10.3. The Kier molecular flexibility index (Phi) is 32.4. The molecule has 0 amide bonds. The molecule has 0 saturated heterocycles. The highest BCUT2D eigenvalue weighted by molar-refractivity contribution is 4.37. The molecule has 0 atom stereocenters. The van der Waals surface area contributed by atoms with Crippen molar-refractivity contribution < 1.29 is 38.5 Å². The van der Waals surface area contributed by atoms with Gasteiger partial charge >= 0.3 is 0 Å². The molecule has 5 heteroatoms. The fourth-order valence-electron chi connectivity index (χ4n) is 1.71. The maximum absolute atomic E-state index is 5.14. The maximum Gasteiger partial charge on any atom is 0.128 e. The van der Waals surface area contributed by atoms with E-state index >= 15 is 0 Å². The molecule has 0 heterocycles. The lowest BCUT2D eigenvalue weighted by molar-refractivity contribution is -0.946. The van der Waals surface area contributed by atoms with E-state index in [1.807, 2.05) is 0 Å². The van der Waals surface area contributed by atoms with Crippen LogP contribution in [0.1, 0.15) is 35.6 Å². The number of ether oxygens (including phenoxy) is 1. The van der Waals surface area contributed by atoms with Crippen LogP contribution in [-0.2, 0) is 4.74 Å². The molecule has 0 spiro atoms. The fraction of sp³-hybridized carbons (Fsp3) is 1.00. The van der Waals surface area contributed by atoms with E-state index in [2.05, 4.69) is 35.1 Å². The van der Waals surface area contributed by atoms with Crippen LogP contribution in [0.3, 0.4) is 0 Å². The van der Waals surface area contributed by atoms with Gasteiger partial charge in [-0.3, -0.25) is 0 Å². The molecule has 0 rings (SSSR count).